The summed E-state index contributed by atoms with van der Waals surface area (Å²) in [6.07, 6.45) is 1.63. The second-order valence-corrected chi connectivity index (χ2v) is 5.47. The molecule has 0 aliphatic carbocycles. The van der Waals surface area contributed by atoms with E-state index < -0.39 is 0 Å². The van der Waals surface area contributed by atoms with Crippen LogP contribution in [0.25, 0.3) is 0 Å². The Balaban J connectivity index is 2.68. The Morgan fingerprint density at radius 2 is 2.33 bits per heavy atom. The number of hydrogen-bond acceptors (Lipinski definition) is 4. The van der Waals surface area contributed by atoms with Crippen LogP contribution in [0.4, 0.5) is 0 Å². The smallest absolute Gasteiger partial charge is 0.0905 e. The van der Waals surface area contributed by atoms with Gasteiger partial charge in [0.1, 0.15) is 0 Å². The zero-order valence-corrected chi connectivity index (χ0v) is 7.02. The van der Waals surface area contributed by atoms with E-state index in [1.54, 1.807) is 6.26 Å². The highest BCUT2D eigenvalue weighted by Crippen LogP contribution is 2.00. The van der Waals surface area contributed by atoms with Gasteiger partial charge in [-0.2, -0.15) is 0 Å². The fourth-order valence-corrected chi connectivity index (χ4v) is 1.60. The fraction of sp³-hybridized carbons (Fsp3) is 0.200. The lowest BCUT2D eigenvalue weighted by atomic mass is 10.5. The molecule has 0 amide bonds. The molecule has 0 saturated carbocycles. The van der Waals surface area contributed by atoms with E-state index in [2.05, 4.69) is 0 Å². The molecule has 4 heteroatoms. The highest BCUT2D eigenvalue weighted by molar-refractivity contribution is 8.46. The molecule has 1 aromatic rings. The van der Waals surface area contributed by atoms with Gasteiger partial charge in [-0.05, 0) is 12.1 Å². The summed E-state index contributed by atoms with van der Waals surface area (Å²) in [5.74, 6) is 1.60. The van der Waals surface area contributed by atoms with Gasteiger partial charge in [0, 0.05) is 0 Å². The van der Waals surface area contributed by atoms with Crippen molar-refractivity contribution in [1.29, 1.82) is 0 Å². The maximum Gasteiger partial charge on any atom is 0.0905 e. The van der Waals surface area contributed by atoms with Gasteiger partial charge in [-0.25, -0.2) is 0 Å². The van der Waals surface area contributed by atoms with Gasteiger partial charge < -0.3 is 12.4 Å². The number of hydrogen-bond donors (Lipinski definition) is 0. The predicted octanol–water partition coefficient (Wildman–Crippen LogP) is 1.32. The van der Waals surface area contributed by atoms with Gasteiger partial charge >= 0.3 is 0 Å². The van der Waals surface area contributed by atoms with Crippen LogP contribution >= 0.6 is 0 Å². The molecule has 0 saturated heterocycles. The molecular formula is C5H5OS3-. The van der Waals surface area contributed by atoms with E-state index in [9.17, 15) is 0 Å². The maximum atomic E-state index is 5.02. The minimum atomic E-state index is -0.372. The summed E-state index contributed by atoms with van der Waals surface area (Å²) in [5.41, 5.74) is 0. The SMILES string of the molecule is S=[S-](=S)Cc1ccco1. The minimum absolute atomic E-state index is 0.372. The van der Waals surface area contributed by atoms with Crippen LogP contribution in [0.2, 0.25) is 0 Å². The fourth-order valence-electron chi connectivity index (χ4n) is 0.511. The minimum Gasteiger partial charge on any atom is -0.471 e. The van der Waals surface area contributed by atoms with Crippen molar-refractivity contribution in [1.82, 2.24) is 0 Å². The first-order chi connectivity index (χ1) is 4.29. The summed E-state index contributed by atoms with van der Waals surface area (Å²) in [4.78, 5) is 0. The summed E-state index contributed by atoms with van der Waals surface area (Å²) < 4.78 is 5.02. The molecule has 0 fully saturated rings. The zero-order valence-electron chi connectivity index (χ0n) is 4.57. The Hall–Kier alpha value is 0.0700. The largest absolute Gasteiger partial charge is 0.471 e. The lowest BCUT2D eigenvalue weighted by Crippen LogP contribution is -1.77. The lowest BCUT2D eigenvalue weighted by molar-refractivity contribution is 0.530. The van der Waals surface area contributed by atoms with Crippen LogP contribution in [0.15, 0.2) is 22.8 Å². The van der Waals surface area contributed by atoms with Gasteiger partial charge in [0.25, 0.3) is 0 Å². The highest BCUT2D eigenvalue weighted by atomic mass is 33.1. The monoisotopic (exact) mass is 177 g/mol. The summed E-state index contributed by atoms with van der Waals surface area (Å²) in [6, 6.07) is 3.73. The molecule has 0 unspecified atom stereocenters. The van der Waals surface area contributed by atoms with Gasteiger partial charge in [0.2, 0.25) is 0 Å². The molecule has 0 aromatic carbocycles. The molecule has 0 spiro atoms. The molecule has 1 nitrogen and oxygen atoms in total. The molecule has 0 atom stereocenters. The Kier molecular flexibility index (Phi) is 2.63. The Morgan fingerprint density at radius 1 is 1.56 bits per heavy atom. The molecule has 0 bridgehead atoms. The quantitative estimate of drug-likeness (QED) is 0.633. The Bertz CT molecular complexity index is 227. The maximum absolute atomic E-state index is 5.02. The Labute approximate surface area is 64.9 Å². The third-order valence-corrected chi connectivity index (χ3v) is 2.07. The molecule has 0 aliphatic rings. The van der Waals surface area contributed by atoms with Gasteiger partial charge in [-0.3, -0.25) is 22.4 Å². The van der Waals surface area contributed by atoms with E-state index in [0.29, 0.717) is 5.75 Å². The van der Waals surface area contributed by atoms with Crippen LogP contribution < -0.4 is 0 Å². The third kappa shape index (κ3) is 2.43. The second-order valence-electron chi connectivity index (χ2n) is 1.53. The van der Waals surface area contributed by atoms with E-state index in [4.69, 9.17) is 26.8 Å². The standard InChI is InChI=1S/C5H5OS3/c7-9(8)4-5-2-1-3-6-5/h1-3H,4H2/q-1. The third-order valence-electron chi connectivity index (χ3n) is 0.840. The molecule has 0 aliphatic heterocycles. The van der Waals surface area contributed by atoms with E-state index in [1.807, 2.05) is 12.1 Å². The van der Waals surface area contributed by atoms with Crippen molar-refractivity contribution in [2.24, 2.45) is 0 Å². The number of rotatable bonds is 2. The van der Waals surface area contributed by atoms with Crippen molar-refractivity contribution in [2.45, 2.75) is 5.75 Å². The predicted molar refractivity (Wildman–Crippen MR) is 44.5 cm³/mol. The summed E-state index contributed by atoms with van der Waals surface area (Å²) in [7, 11) is -0.372. The molecular weight excluding hydrogens is 172 g/mol. The lowest BCUT2D eigenvalue weighted by Gasteiger charge is -1.95. The first-order valence-electron chi connectivity index (χ1n) is 2.37. The van der Waals surface area contributed by atoms with Crippen molar-refractivity contribution >= 4 is 30.4 Å². The van der Waals surface area contributed by atoms with Crippen molar-refractivity contribution in [2.75, 3.05) is 0 Å². The normalized spacial score (nSPS) is 10.3. The summed E-state index contributed by atoms with van der Waals surface area (Å²) in [5, 5.41) is 0. The van der Waals surface area contributed by atoms with E-state index in [1.165, 1.54) is 0 Å². The van der Waals surface area contributed by atoms with E-state index in [0.717, 1.165) is 5.76 Å². The molecule has 1 heterocycles. The molecule has 1 aromatic heterocycles. The average Bonchev–Trinajstić information content (AvgIpc) is 2.15. The topological polar surface area (TPSA) is 13.1 Å². The van der Waals surface area contributed by atoms with Crippen LogP contribution in [0.1, 0.15) is 5.76 Å². The van der Waals surface area contributed by atoms with Crippen LogP contribution in [-0.4, -0.2) is 0 Å². The molecule has 1 rings (SSSR count). The van der Waals surface area contributed by atoms with Gasteiger partial charge in [-0.15, -0.1) is 0 Å². The van der Waals surface area contributed by atoms with Crippen LogP contribution in [-0.2, 0) is 36.1 Å². The average molecular weight is 177 g/mol. The zero-order chi connectivity index (χ0) is 6.69. The second kappa shape index (κ2) is 3.29. The van der Waals surface area contributed by atoms with E-state index in [-0.39, 0.29) is 8.01 Å². The first-order valence-corrected chi connectivity index (χ1v) is 5.61. The van der Waals surface area contributed by atoms with Gasteiger partial charge in [-0.1, -0.05) is 5.75 Å². The first kappa shape index (κ1) is 7.18. The van der Waals surface area contributed by atoms with Crippen LogP contribution in [0.3, 0.4) is 0 Å². The highest BCUT2D eigenvalue weighted by Gasteiger charge is 1.83. The Morgan fingerprint density at radius 3 is 2.78 bits per heavy atom. The summed E-state index contributed by atoms with van der Waals surface area (Å²) >= 11 is 9.62. The summed E-state index contributed by atoms with van der Waals surface area (Å²) in [6.45, 7) is 0. The van der Waals surface area contributed by atoms with Gasteiger partial charge in [0.15, 0.2) is 0 Å². The van der Waals surface area contributed by atoms with Crippen molar-refractivity contribution in [3.8, 4) is 0 Å². The van der Waals surface area contributed by atoms with E-state index >= 15 is 0 Å². The molecule has 9 heavy (non-hydrogen) atoms. The molecule has 50 valence electrons. The van der Waals surface area contributed by atoms with Crippen molar-refractivity contribution in [3.63, 3.8) is 0 Å². The number of furan rings is 1. The van der Waals surface area contributed by atoms with Gasteiger partial charge in [0.05, 0.1) is 12.0 Å². The van der Waals surface area contributed by atoms with Crippen molar-refractivity contribution < 1.29 is 4.42 Å². The molecule has 0 radical (unpaired) electrons. The molecule has 0 N–H and O–H groups in total. The van der Waals surface area contributed by atoms with Crippen LogP contribution in [0.5, 0.6) is 0 Å². The van der Waals surface area contributed by atoms with Crippen molar-refractivity contribution in [3.05, 3.63) is 24.2 Å². The van der Waals surface area contributed by atoms with Crippen LogP contribution in [0, 0.1) is 0 Å².